The third kappa shape index (κ3) is 8.38. The first-order valence-electron chi connectivity index (χ1n) is 14.1. The summed E-state index contributed by atoms with van der Waals surface area (Å²) in [5, 5.41) is 3.01. The van der Waals surface area contributed by atoms with Gasteiger partial charge in [0.15, 0.2) is 11.5 Å². The lowest BCUT2D eigenvalue weighted by Crippen LogP contribution is -2.31. The van der Waals surface area contributed by atoms with Gasteiger partial charge in [-0.15, -0.1) is 0 Å². The van der Waals surface area contributed by atoms with Crippen LogP contribution >= 0.6 is 0 Å². The van der Waals surface area contributed by atoms with Gasteiger partial charge in [-0.3, -0.25) is 9.69 Å². The van der Waals surface area contributed by atoms with Gasteiger partial charge in [-0.1, -0.05) is 38.1 Å². The van der Waals surface area contributed by atoms with Gasteiger partial charge in [0.05, 0.1) is 34.5 Å². The third-order valence-electron chi connectivity index (χ3n) is 6.95. The van der Waals surface area contributed by atoms with Crippen molar-refractivity contribution in [3.05, 3.63) is 82.4 Å². The summed E-state index contributed by atoms with van der Waals surface area (Å²) in [5.74, 6) is 2.75. The number of hydrogen-bond donors (Lipinski definition) is 1. The zero-order chi connectivity index (χ0) is 29.2. The van der Waals surface area contributed by atoms with E-state index in [1.807, 2.05) is 24.3 Å². The van der Waals surface area contributed by atoms with Crippen LogP contribution in [0.3, 0.4) is 0 Å². The summed E-state index contributed by atoms with van der Waals surface area (Å²) in [4.78, 5) is 15.7. The fraction of sp³-hybridized carbons (Fsp3) is 0.424. The number of fused-ring (bicyclic) bond motifs is 3. The molecule has 2 bridgehead atoms. The van der Waals surface area contributed by atoms with E-state index in [2.05, 4.69) is 48.3 Å². The molecule has 1 aliphatic rings. The SMILES string of the molecule is COc1cc(CNC(=O)c2ccc3c(c2)Cc2cccc(c2)CN(CC(C)C)CCOCCO3)cc(OC)c1OC. The number of nitrogens with zero attached hydrogens (tertiary/aromatic N) is 1. The zero-order valence-electron chi connectivity index (χ0n) is 24.8. The van der Waals surface area contributed by atoms with Crippen LogP contribution in [0.25, 0.3) is 0 Å². The van der Waals surface area contributed by atoms with E-state index in [-0.39, 0.29) is 5.91 Å². The molecule has 0 atom stereocenters. The maximum Gasteiger partial charge on any atom is 0.251 e. The molecule has 8 nitrogen and oxygen atoms in total. The van der Waals surface area contributed by atoms with Crippen LogP contribution in [0.5, 0.6) is 23.0 Å². The largest absolute Gasteiger partial charge is 0.493 e. The fourth-order valence-corrected chi connectivity index (χ4v) is 5.10. The number of hydrogen-bond acceptors (Lipinski definition) is 7. The highest BCUT2D eigenvalue weighted by atomic mass is 16.5. The van der Waals surface area contributed by atoms with Crippen LogP contribution in [0.2, 0.25) is 0 Å². The summed E-state index contributed by atoms with van der Waals surface area (Å²) in [6.45, 7) is 9.18. The van der Waals surface area contributed by atoms with Gasteiger partial charge in [0.2, 0.25) is 5.75 Å². The minimum atomic E-state index is -0.178. The Morgan fingerprint density at radius 1 is 0.927 bits per heavy atom. The zero-order valence-corrected chi connectivity index (χ0v) is 24.8. The van der Waals surface area contributed by atoms with E-state index in [0.717, 1.165) is 36.5 Å². The quantitative estimate of drug-likeness (QED) is 0.409. The summed E-state index contributed by atoms with van der Waals surface area (Å²) in [6.07, 6.45) is 0.655. The van der Waals surface area contributed by atoms with E-state index in [0.29, 0.717) is 61.5 Å². The van der Waals surface area contributed by atoms with E-state index in [1.54, 1.807) is 27.4 Å². The van der Waals surface area contributed by atoms with Crippen molar-refractivity contribution in [2.75, 3.05) is 54.2 Å². The van der Waals surface area contributed by atoms with Crippen LogP contribution < -0.4 is 24.3 Å². The van der Waals surface area contributed by atoms with Crippen molar-refractivity contribution in [1.29, 1.82) is 0 Å². The molecule has 8 heteroatoms. The lowest BCUT2D eigenvalue weighted by atomic mass is 9.99. The topological polar surface area (TPSA) is 78.5 Å². The Hall–Kier alpha value is -3.75. The molecule has 3 aromatic rings. The Bertz CT molecular complexity index is 1280. The molecule has 0 saturated heterocycles. The molecule has 0 radical (unpaired) electrons. The molecule has 220 valence electrons. The van der Waals surface area contributed by atoms with Crippen molar-refractivity contribution in [1.82, 2.24) is 10.2 Å². The first-order chi connectivity index (χ1) is 19.9. The minimum Gasteiger partial charge on any atom is -0.493 e. The summed E-state index contributed by atoms with van der Waals surface area (Å²) in [5.41, 5.74) is 4.80. The highest BCUT2D eigenvalue weighted by Gasteiger charge is 2.16. The number of ether oxygens (including phenoxy) is 5. The van der Waals surface area contributed by atoms with Gasteiger partial charge >= 0.3 is 0 Å². The van der Waals surface area contributed by atoms with Crippen molar-refractivity contribution >= 4 is 5.91 Å². The summed E-state index contributed by atoms with van der Waals surface area (Å²) >= 11 is 0. The molecule has 3 aromatic carbocycles. The number of rotatable bonds is 8. The minimum absolute atomic E-state index is 0.178. The van der Waals surface area contributed by atoms with Crippen LogP contribution in [-0.4, -0.2) is 65.0 Å². The van der Waals surface area contributed by atoms with Gasteiger partial charge in [-0.2, -0.15) is 0 Å². The number of methoxy groups -OCH3 is 3. The first kappa shape index (κ1) is 30.2. The Morgan fingerprint density at radius 3 is 2.39 bits per heavy atom. The lowest BCUT2D eigenvalue weighted by Gasteiger charge is -2.25. The van der Waals surface area contributed by atoms with Gasteiger partial charge in [0.1, 0.15) is 12.4 Å². The number of benzene rings is 3. The van der Waals surface area contributed by atoms with E-state index in [9.17, 15) is 4.79 Å². The Morgan fingerprint density at radius 2 is 1.68 bits per heavy atom. The molecular formula is C33H42N2O6. The monoisotopic (exact) mass is 562 g/mol. The average molecular weight is 563 g/mol. The van der Waals surface area contributed by atoms with Crippen LogP contribution in [-0.2, 0) is 24.2 Å². The van der Waals surface area contributed by atoms with E-state index >= 15 is 0 Å². The van der Waals surface area contributed by atoms with Crippen LogP contribution in [0.4, 0.5) is 0 Å². The Kier molecular flexibility index (Phi) is 10.9. The van der Waals surface area contributed by atoms with Gasteiger partial charge in [-0.05, 0) is 58.5 Å². The molecular weight excluding hydrogens is 520 g/mol. The predicted octanol–water partition coefficient (Wildman–Crippen LogP) is 5.10. The van der Waals surface area contributed by atoms with Gasteiger partial charge in [0.25, 0.3) is 5.91 Å². The average Bonchev–Trinajstić information content (AvgIpc) is 2.97. The second-order valence-corrected chi connectivity index (χ2v) is 10.6. The van der Waals surface area contributed by atoms with Gasteiger partial charge in [0, 0.05) is 38.2 Å². The summed E-state index contributed by atoms with van der Waals surface area (Å²) in [7, 11) is 4.70. The van der Waals surface area contributed by atoms with Gasteiger partial charge in [-0.25, -0.2) is 0 Å². The number of nitrogens with one attached hydrogen (secondary N) is 1. The lowest BCUT2D eigenvalue weighted by molar-refractivity contribution is 0.0746. The highest BCUT2D eigenvalue weighted by Crippen LogP contribution is 2.38. The molecule has 0 fully saturated rings. The molecule has 4 rings (SSSR count). The molecule has 0 saturated carbocycles. The maximum absolute atomic E-state index is 13.2. The number of carbonyl (C=O) groups excluding carboxylic acids is 1. The van der Waals surface area contributed by atoms with Gasteiger partial charge < -0.3 is 29.0 Å². The molecule has 0 aliphatic carbocycles. The summed E-state index contributed by atoms with van der Waals surface area (Å²) < 4.78 is 28.3. The second-order valence-electron chi connectivity index (χ2n) is 10.6. The Balaban J connectivity index is 1.54. The van der Waals surface area contributed by atoms with Crippen molar-refractivity contribution in [2.45, 2.75) is 33.4 Å². The van der Waals surface area contributed by atoms with Crippen LogP contribution in [0.15, 0.2) is 54.6 Å². The number of amides is 1. The van der Waals surface area contributed by atoms with Crippen molar-refractivity contribution < 1.29 is 28.5 Å². The number of carbonyl (C=O) groups is 1. The molecule has 1 heterocycles. The van der Waals surface area contributed by atoms with Crippen LogP contribution in [0.1, 0.15) is 46.5 Å². The first-order valence-corrected chi connectivity index (χ1v) is 14.1. The van der Waals surface area contributed by atoms with E-state index < -0.39 is 0 Å². The molecule has 0 unspecified atom stereocenters. The molecule has 1 aliphatic heterocycles. The van der Waals surface area contributed by atoms with Crippen molar-refractivity contribution in [3.63, 3.8) is 0 Å². The normalized spacial score (nSPS) is 14.4. The van der Waals surface area contributed by atoms with Crippen LogP contribution in [0, 0.1) is 5.92 Å². The molecule has 0 aromatic heterocycles. The maximum atomic E-state index is 13.2. The van der Waals surface area contributed by atoms with Crippen molar-refractivity contribution in [3.8, 4) is 23.0 Å². The molecule has 0 spiro atoms. The van der Waals surface area contributed by atoms with E-state index in [1.165, 1.54) is 11.1 Å². The molecule has 1 amide bonds. The van der Waals surface area contributed by atoms with E-state index in [4.69, 9.17) is 23.7 Å². The molecule has 1 N–H and O–H groups in total. The molecule has 41 heavy (non-hydrogen) atoms. The second kappa shape index (κ2) is 14.8. The Labute approximate surface area is 243 Å². The fourth-order valence-electron chi connectivity index (χ4n) is 5.10. The summed E-state index contributed by atoms with van der Waals surface area (Å²) in [6, 6.07) is 17.9. The standard InChI is InChI=1S/C33H42N2O6/c1-23(2)21-35-11-12-40-13-14-41-29-10-9-27(19-28(29)16-24-7-6-8-25(15-24)22-35)33(36)34-20-26-17-30(37-3)32(39-5)31(18-26)38-4/h6-10,15,17-19,23H,11-14,16,20-22H2,1-5H3,(H,34,36). The van der Waals surface area contributed by atoms with Crippen molar-refractivity contribution in [2.24, 2.45) is 5.92 Å². The smallest absolute Gasteiger partial charge is 0.251 e. The predicted molar refractivity (Wildman–Crippen MR) is 159 cm³/mol. The third-order valence-corrected chi connectivity index (χ3v) is 6.95. The highest BCUT2D eigenvalue weighted by molar-refractivity contribution is 5.94.